The Morgan fingerprint density at radius 1 is 0.851 bits per heavy atom. The number of benzene rings is 4. The monoisotopic (exact) mass is 630 g/mol. The Morgan fingerprint density at radius 3 is 2.19 bits per heavy atom. The molecule has 0 aliphatic heterocycles. The molecular weight excluding hydrogens is 592 g/mol. The summed E-state index contributed by atoms with van der Waals surface area (Å²) < 4.78 is 11.3. The maximum absolute atomic E-state index is 13.5. The predicted molar refractivity (Wildman–Crippen MR) is 179 cm³/mol. The average molecular weight is 631 g/mol. The van der Waals surface area contributed by atoms with Crippen LogP contribution in [0.4, 0.5) is 10.5 Å². The van der Waals surface area contributed by atoms with E-state index < -0.39 is 6.09 Å². The van der Waals surface area contributed by atoms with Gasteiger partial charge < -0.3 is 25.0 Å². The summed E-state index contributed by atoms with van der Waals surface area (Å²) in [6.07, 6.45) is 3.10. The minimum absolute atomic E-state index is 0.00438. The summed E-state index contributed by atoms with van der Waals surface area (Å²) in [5.74, 6) is 0.0508. The maximum atomic E-state index is 13.5. The van der Waals surface area contributed by atoms with Crippen molar-refractivity contribution in [3.8, 4) is 11.8 Å². The van der Waals surface area contributed by atoms with Crippen molar-refractivity contribution in [1.82, 2.24) is 10.6 Å². The fourth-order valence-electron chi connectivity index (χ4n) is 5.71. The first-order chi connectivity index (χ1) is 22.9. The SMILES string of the molecule is Cc1cc(C(=O)NCc2cc(C#N)ccc2OCc2ccccc2)ccc1N(C(=O)CNC(=O)OCc1ccccc1)C1CCCC1. The molecule has 0 aromatic heterocycles. The number of ether oxygens (including phenoxy) is 2. The van der Waals surface area contributed by atoms with Gasteiger partial charge in [-0.25, -0.2) is 4.79 Å². The second kappa shape index (κ2) is 16.1. The van der Waals surface area contributed by atoms with Crippen LogP contribution in [0.25, 0.3) is 0 Å². The molecule has 1 aliphatic rings. The molecule has 4 aromatic rings. The highest BCUT2D eigenvalue weighted by atomic mass is 16.5. The van der Waals surface area contributed by atoms with E-state index in [4.69, 9.17) is 9.47 Å². The summed E-state index contributed by atoms with van der Waals surface area (Å²) in [5.41, 5.74) is 4.93. The molecule has 2 N–H and O–H groups in total. The lowest BCUT2D eigenvalue weighted by Crippen LogP contribution is -2.45. The number of anilines is 1. The highest BCUT2D eigenvalue weighted by Crippen LogP contribution is 2.31. The zero-order valence-corrected chi connectivity index (χ0v) is 26.4. The highest BCUT2D eigenvalue weighted by Gasteiger charge is 2.29. The van der Waals surface area contributed by atoms with Gasteiger partial charge in [-0.05, 0) is 72.9 Å². The largest absolute Gasteiger partial charge is 0.489 e. The number of nitriles is 1. The Kier molecular flexibility index (Phi) is 11.2. The molecular formula is C38H38N4O5. The molecule has 9 nitrogen and oxygen atoms in total. The molecule has 0 heterocycles. The van der Waals surface area contributed by atoms with Crippen molar-refractivity contribution in [2.45, 2.75) is 58.4 Å². The third-order valence-corrected chi connectivity index (χ3v) is 8.14. The quantitative estimate of drug-likeness (QED) is 0.183. The van der Waals surface area contributed by atoms with Crippen molar-refractivity contribution in [1.29, 1.82) is 5.26 Å². The Bertz CT molecular complexity index is 1730. The van der Waals surface area contributed by atoms with Gasteiger partial charge in [0.1, 0.15) is 25.5 Å². The molecule has 9 heteroatoms. The van der Waals surface area contributed by atoms with E-state index in [9.17, 15) is 19.6 Å². The van der Waals surface area contributed by atoms with E-state index in [1.54, 1.807) is 41.3 Å². The minimum Gasteiger partial charge on any atom is -0.489 e. The second-order valence-electron chi connectivity index (χ2n) is 11.5. The molecule has 0 unspecified atom stereocenters. The molecule has 0 spiro atoms. The van der Waals surface area contributed by atoms with Crippen molar-refractivity contribution in [2.24, 2.45) is 0 Å². The van der Waals surface area contributed by atoms with Crippen LogP contribution in [0.1, 0.15) is 63.9 Å². The standard InChI is InChI=1S/C38H38N4O5/c1-27-20-31(37(44)40-23-32-21-30(22-39)16-19-35(32)46-25-28-10-4-2-5-11-28)17-18-34(27)42(33-14-8-9-15-33)36(43)24-41-38(45)47-26-29-12-6-3-7-13-29/h2-7,10-13,16-21,33H,8-9,14-15,23-26H2,1H3,(H,40,44)(H,41,45). The number of aryl methyl sites for hydroxylation is 1. The summed E-state index contributed by atoms with van der Waals surface area (Å²) in [6, 6.07) is 31.6. The van der Waals surface area contributed by atoms with Crippen LogP contribution in [-0.2, 0) is 29.3 Å². The van der Waals surface area contributed by atoms with E-state index in [2.05, 4.69) is 16.7 Å². The van der Waals surface area contributed by atoms with E-state index >= 15 is 0 Å². The van der Waals surface area contributed by atoms with Crippen LogP contribution in [0.3, 0.4) is 0 Å². The van der Waals surface area contributed by atoms with Crippen LogP contribution in [0, 0.1) is 18.3 Å². The average Bonchev–Trinajstić information content (AvgIpc) is 3.64. The van der Waals surface area contributed by atoms with Crippen molar-refractivity contribution in [3.05, 3.63) is 130 Å². The zero-order valence-electron chi connectivity index (χ0n) is 26.4. The summed E-state index contributed by atoms with van der Waals surface area (Å²) in [6.45, 7) is 2.30. The molecule has 0 atom stereocenters. The summed E-state index contributed by atoms with van der Waals surface area (Å²) in [5, 5.41) is 15.0. The Labute approximate surface area is 275 Å². The topological polar surface area (TPSA) is 121 Å². The smallest absolute Gasteiger partial charge is 0.407 e. The number of hydrogen-bond donors (Lipinski definition) is 2. The van der Waals surface area contributed by atoms with Gasteiger partial charge in [0, 0.05) is 29.4 Å². The van der Waals surface area contributed by atoms with E-state index in [1.165, 1.54) is 0 Å². The van der Waals surface area contributed by atoms with Gasteiger partial charge in [0.05, 0.1) is 11.6 Å². The third-order valence-electron chi connectivity index (χ3n) is 8.14. The van der Waals surface area contributed by atoms with Gasteiger partial charge in [0.2, 0.25) is 5.91 Å². The fraction of sp³-hybridized carbons (Fsp3) is 0.263. The number of amides is 3. The van der Waals surface area contributed by atoms with Crippen LogP contribution in [-0.4, -0.2) is 30.5 Å². The number of nitrogens with one attached hydrogen (secondary N) is 2. The molecule has 0 saturated heterocycles. The minimum atomic E-state index is -0.661. The van der Waals surface area contributed by atoms with Gasteiger partial charge in [-0.3, -0.25) is 9.59 Å². The van der Waals surface area contributed by atoms with E-state index in [1.807, 2.05) is 67.6 Å². The van der Waals surface area contributed by atoms with Gasteiger partial charge in [-0.15, -0.1) is 0 Å². The fourth-order valence-corrected chi connectivity index (χ4v) is 5.71. The molecule has 4 aromatic carbocycles. The van der Waals surface area contributed by atoms with Gasteiger partial charge in [0.25, 0.3) is 5.91 Å². The Hall–Kier alpha value is -5.62. The third kappa shape index (κ3) is 8.98. The number of carbonyl (C=O) groups is 3. The Morgan fingerprint density at radius 2 is 1.53 bits per heavy atom. The molecule has 1 aliphatic carbocycles. The lowest BCUT2D eigenvalue weighted by atomic mass is 10.0. The molecule has 0 radical (unpaired) electrons. The summed E-state index contributed by atoms with van der Waals surface area (Å²) >= 11 is 0. The lowest BCUT2D eigenvalue weighted by Gasteiger charge is -2.31. The normalized spacial score (nSPS) is 12.5. The van der Waals surface area contributed by atoms with Crippen molar-refractivity contribution >= 4 is 23.6 Å². The predicted octanol–water partition coefficient (Wildman–Crippen LogP) is 6.58. The van der Waals surface area contributed by atoms with Crippen LogP contribution in [0.2, 0.25) is 0 Å². The van der Waals surface area contributed by atoms with Gasteiger partial charge in [-0.2, -0.15) is 5.26 Å². The van der Waals surface area contributed by atoms with E-state index in [0.717, 1.165) is 42.4 Å². The van der Waals surface area contributed by atoms with E-state index in [0.29, 0.717) is 34.7 Å². The molecule has 240 valence electrons. The number of hydrogen-bond acceptors (Lipinski definition) is 6. The van der Waals surface area contributed by atoms with Crippen LogP contribution >= 0.6 is 0 Å². The van der Waals surface area contributed by atoms with Crippen LogP contribution in [0.15, 0.2) is 97.1 Å². The molecule has 0 bridgehead atoms. The van der Waals surface area contributed by atoms with Crippen molar-refractivity contribution in [3.63, 3.8) is 0 Å². The lowest BCUT2D eigenvalue weighted by molar-refractivity contribution is -0.118. The first kappa shape index (κ1) is 32.8. The molecule has 5 rings (SSSR count). The first-order valence-electron chi connectivity index (χ1n) is 15.8. The molecule has 1 fully saturated rings. The summed E-state index contributed by atoms with van der Waals surface area (Å²) in [4.78, 5) is 40.9. The second-order valence-corrected chi connectivity index (χ2v) is 11.5. The van der Waals surface area contributed by atoms with Crippen LogP contribution < -0.4 is 20.3 Å². The van der Waals surface area contributed by atoms with E-state index in [-0.39, 0.29) is 37.6 Å². The number of alkyl carbamates (subject to hydrolysis) is 1. The first-order valence-corrected chi connectivity index (χ1v) is 15.8. The van der Waals surface area contributed by atoms with Gasteiger partial charge in [0.15, 0.2) is 0 Å². The Balaban J connectivity index is 1.23. The molecule has 47 heavy (non-hydrogen) atoms. The van der Waals surface area contributed by atoms with Crippen LogP contribution in [0.5, 0.6) is 5.75 Å². The maximum Gasteiger partial charge on any atom is 0.407 e. The van der Waals surface area contributed by atoms with Gasteiger partial charge >= 0.3 is 6.09 Å². The highest BCUT2D eigenvalue weighted by molar-refractivity contribution is 5.99. The molecule has 3 amide bonds. The van der Waals surface area contributed by atoms with Crippen molar-refractivity contribution < 1.29 is 23.9 Å². The van der Waals surface area contributed by atoms with Gasteiger partial charge in [-0.1, -0.05) is 73.5 Å². The number of nitrogens with zero attached hydrogens (tertiary/aromatic N) is 2. The summed E-state index contributed by atoms with van der Waals surface area (Å²) in [7, 11) is 0. The number of rotatable bonds is 12. The zero-order chi connectivity index (χ0) is 33.0. The molecule has 1 saturated carbocycles. The number of carbonyl (C=O) groups excluding carboxylic acids is 3. The van der Waals surface area contributed by atoms with Crippen molar-refractivity contribution in [2.75, 3.05) is 11.4 Å².